The van der Waals surface area contributed by atoms with E-state index in [-0.39, 0.29) is 6.61 Å². The van der Waals surface area contributed by atoms with Crippen LogP contribution in [0.3, 0.4) is 0 Å². The molecule has 8 heteroatoms. The van der Waals surface area contributed by atoms with Gasteiger partial charge in [-0.2, -0.15) is 0 Å². The molecule has 0 heterocycles. The standard InChI is InChI=1S/C18H25NO6S/c1-18(2,3)26(22,23)19-15(12-14-8-6-5-7-9-14)13-25-17(21)11-10-16(20)24-4/h5-11,15,19H,12-13H2,1-4H3. The third kappa shape index (κ3) is 7.37. The highest BCUT2D eigenvalue weighted by Gasteiger charge is 2.31. The lowest BCUT2D eigenvalue weighted by molar-refractivity contribution is -0.139. The molecule has 1 aromatic carbocycles. The van der Waals surface area contributed by atoms with E-state index in [1.165, 1.54) is 7.11 Å². The number of methoxy groups -OCH3 is 1. The van der Waals surface area contributed by atoms with Crippen LogP contribution >= 0.6 is 0 Å². The smallest absolute Gasteiger partial charge is 0.331 e. The predicted molar refractivity (Wildman–Crippen MR) is 97.9 cm³/mol. The van der Waals surface area contributed by atoms with Crippen molar-refractivity contribution in [1.29, 1.82) is 0 Å². The van der Waals surface area contributed by atoms with Gasteiger partial charge in [-0.3, -0.25) is 0 Å². The molecule has 0 aromatic heterocycles. The monoisotopic (exact) mass is 383 g/mol. The summed E-state index contributed by atoms with van der Waals surface area (Å²) < 4.78 is 35.9. The lowest BCUT2D eigenvalue weighted by Crippen LogP contribution is -2.47. The first kappa shape index (κ1) is 21.9. The third-order valence-corrected chi connectivity index (χ3v) is 5.69. The first-order valence-corrected chi connectivity index (χ1v) is 9.52. The largest absolute Gasteiger partial charge is 0.466 e. The summed E-state index contributed by atoms with van der Waals surface area (Å²) in [5, 5.41) is 0. The van der Waals surface area contributed by atoms with Crippen molar-refractivity contribution in [1.82, 2.24) is 4.72 Å². The van der Waals surface area contributed by atoms with Gasteiger partial charge >= 0.3 is 11.9 Å². The number of rotatable bonds is 8. The van der Waals surface area contributed by atoms with Crippen LogP contribution in [0.25, 0.3) is 0 Å². The van der Waals surface area contributed by atoms with E-state index in [1.54, 1.807) is 20.8 Å². The maximum Gasteiger partial charge on any atom is 0.331 e. The van der Waals surface area contributed by atoms with Crippen LogP contribution in [0.1, 0.15) is 26.3 Å². The zero-order chi connectivity index (χ0) is 19.8. The molecule has 0 saturated carbocycles. The molecule has 144 valence electrons. The van der Waals surface area contributed by atoms with E-state index in [0.717, 1.165) is 17.7 Å². The van der Waals surface area contributed by atoms with Crippen LogP contribution < -0.4 is 4.72 Å². The molecule has 0 fully saturated rings. The number of benzene rings is 1. The highest BCUT2D eigenvalue weighted by molar-refractivity contribution is 7.90. The van der Waals surface area contributed by atoms with E-state index in [0.29, 0.717) is 6.42 Å². The number of esters is 2. The zero-order valence-corrected chi connectivity index (χ0v) is 16.2. The van der Waals surface area contributed by atoms with Gasteiger partial charge in [0, 0.05) is 12.2 Å². The third-order valence-electron chi connectivity index (χ3n) is 3.44. The van der Waals surface area contributed by atoms with Gasteiger partial charge in [-0.1, -0.05) is 30.3 Å². The molecule has 0 aliphatic carbocycles. The highest BCUT2D eigenvalue weighted by atomic mass is 32.2. The summed E-state index contributed by atoms with van der Waals surface area (Å²) in [4.78, 5) is 22.7. The number of sulfonamides is 1. The van der Waals surface area contributed by atoms with E-state index in [4.69, 9.17) is 4.74 Å². The topological polar surface area (TPSA) is 98.8 Å². The summed E-state index contributed by atoms with van der Waals surface area (Å²) >= 11 is 0. The molecule has 0 amide bonds. The second-order valence-electron chi connectivity index (χ2n) is 6.61. The molecule has 1 N–H and O–H groups in total. The van der Waals surface area contributed by atoms with Crippen molar-refractivity contribution in [3.05, 3.63) is 48.0 Å². The number of ether oxygens (including phenoxy) is 2. The maximum absolute atomic E-state index is 12.4. The summed E-state index contributed by atoms with van der Waals surface area (Å²) in [7, 11) is -2.44. The van der Waals surface area contributed by atoms with Crippen molar-refractivity contribution in [2.24, 2.45) is 0 Å². The molecule has 1 atom stereocenters. The molecule has 26 heavy (non-hydrogen) atoms. The van der Waals surface area contributed by atoms with Gasteiger partial charge in [0.15, 0.2) is 0 Å². The fraction of sp³-hybridized carbons (Fsp3) is 0.444. The van der Waals surface area contributed by atoms with E-state index in [1.807, 2.05) is 30.3 Å². The SMILES string of the molecule is COC(=O)C=CC(=O)OCC(Cc1ccccc1)NS(=O)(=O)C(C)(C)C. The summed E-state index contributed by atoms with van der Waals surface area (Å²) in [5.41, 5.74) is 0.898. The molecule has 0 saturated heterocycles. The molecular formula is C18H25NO6S. The Kier molecular flexibility index (Phi) is 7.98. The van der Waals surface area contributed by atoms with Crippen molar-refractivity contribution in [3.8, 4) is 0 Å². The van der Waals surface area contributed by atoms with Gasteiger partial charge in [0.1, 0.15) is 6.61 Å². The molecule has 7 nitrogen and oxygen atoms in total. The Balaban J connectivity index is 2.83. The first-order chi connectivity index (χ1) is 12.0. The van der Waals surface area contributed by atoms with E-state index >= 15 is 0 Å². The van der Waals surface area contributed by atoms with Crippen LogP contribution in [0, 0.1) is 0 Å². The Morgan fingerprint density at radius 1 is 1.12 bits per heavy atom. The molecular weight excluding hydrogens is 358 g/mol. The average molecular weight is 383 g/mol. The van der Waals surface area contributed by atoms with Gasteiger partial charge < -0.3 is 9.47 Å². The van der Waals surface area contributed by atoms with Gasteiger partial charge in [-0.05, 0) is 32.8 Å². The minimum absolute atomic E-state index is 0.172. The summed E-state index contributed by atoms with van der Waals surface area (Å²) in [6.07, 6.45) is 2.22. The predicted octanol–water partition coefficient (Wildman–Crippen LogP) is 1.59. The molecule has 0 aliphatic heterocycles. The van der Waals surface area contributed by atoms with Crippen molar-refractivity contribution in [2.45, 2.75) is 38.0 Å². The number of nitrogens with one attached hydrogen (secondary N) is 1. The van der Waals surface area contributed by atoms with Gasteiger partial charge in [0.05, 0.1) is 17.9 Å². The van der Waals surface area contributed by atoms with E-state index in [2.05, 4.69) is 9.46 Å². The number of carbonyl (C=O) groups is 2. The van der Waals surface area contributed by atoms with Crippen LogP contribution in [0.4, 0.5) is 0 Å². The number of hydrogen-bond donors (Lipinski definition) is 1. The Hall–Kier alpha value is -2.19. The second kappa shape index (κ2) is 9.49. The number of carbonyl (C=O) groups excluding carboxylic acids is 2. The maximum atomic E-state index is 12.4. The molecule has 1 rings (SSSR count). The normalized spacial score (nSPS) is 13.4. The average Bonchev–Trinajstić information content (AvgIpc) is 2.57. The quantitative estimate of drug-likeness (QED) is 0.541. The number of hydrogen-bond acceptors (Lipinski definition) is 6. The van der Waals surface area contributed by atoms with Crippen LogP contribution in [-0.2, 0) is 35.5 Å². The van der Waals surface area contributed by atoms with Gasteiger partial charge in [0.2, 0.25) is 10.0 Å². The van der Waals surface area contributed by atoms with Gasteiger partial charge in [0.25, 0.3) is 0 Å². The van der Waals surface area contributed by atoms with Crippen LogP contribution in [0.5, 0.6) is 0 Å². The van der Waals surface area contributed by atoms with E-state index < -0.39 is 32.8 Å². The summed E-state index contributed by atoms with van der Waals surface area (Å²) in [5.74, 6) is -1.44. The molecule has 0 spiro atoms. The molecule has 0 radical (unpaired) electrons. The Morgan fingerprint density at radius 3 is 2.23 bits per heavy atom. The molecule has 1 unspecified atom stereocenters. The van der Waals surface area contributed by atoms with E-state index in [9.17, 15) is 18.0 Å². The Bertz CT molecular complexity index is 735. The Labute approximate surface area is 154 Å². The zero-order valence-electron chi connectivity index (χ0n) is 15.4. The van der Waals surface area contributed by atoms with Crippen molar-refractivity contribution < 1.29 is 27.5 Å². The van der Waals surface area contributed by atoms with Crippen molar-refractivity contribution >= 4 is 22.0 Å². The lowest BCUT2D eigenvalue weighted by atomic mass is 10.1. The fourth-order valence-corrected chi connectivity index (χ4v) is 2.81. The van der Waals surface area contributed by atoms with Gasteiger partial charge in [-0.25, -0.2) is 22.7 Å². The second-order valence-corrected chi connectivity index (χ2v) is 9.07. The summed E-state index contributed by atoms with van der Waals surface area (Å²) in [6.45, 7) is 4.58. The fourth-order valence-electron chi connectivity index (χ4n) is 1.86. The highest BCUT2D eigenvalue weighted by Crippen LogP contribution is 2.15. The van der Waals surface area contributed by atoms with Crippen LogP contribution in [0.2, 0.25) is 0 Å². The first-order valence-electron chi connectivity index (χ1n) is 8.04. The minimum atomic E-state index is -3.63. The molecule has 0 bridgehead atoms. The van der Waals surface area contributed by atoms with Crippen LogP contribution in [-0.4, -0.2) is 44.9 Å². The minimum Gasteiger partial charge on any atom is -0.466 e. The van der Waals surface area contributed by atoms with Crippen molar-refractivity contribution in [2.75, 3.05) is 13.7 Å². The van der Waals surface area contributed by atoms with Crippen molar-refractivity contribution in [3.63, 3.8) is 0 Å². The molecule has 1 aromatic rings. The van der Waals surface area contributed by atoms with Crippen LogP contribution in [0.15, 0.2) is 42.5 Å². The molecule has 0 aliphatic rings. The summed E-state index contributed by atoms with van der Waals surface area (Å²) in [6, 6.07) is 8.62. The Morgan fingerprint density at radius 2 is 1.69 bits per heavy atom. The van der Waals surface area contributed by atoms with Gasteiger partial charge in [-0.15, -0.1) is 0 Å². The lowest BCUT2D eigenvalue weighted by Gasteiger charge is -2.25.